The van der Waals surface area contributed by atoms with E-state index in [0.717, 1.165) is 17.0 Å². The Kier molecular flexibility index (Phi) is 4.96. The van der Waals surface area contributed by atoms with Gasteiger partial charge in [0.1, 0.15) is 0 Å². The molecule has 0 spiro atoms. The Labute approximate surface area is 122 Å². The van der Waals surface area contributed by atoms with Gasteiger partial charge in [-0.25, -0.2) is 4.79 Å². The zero-order valence-corrected chi connectivity index (χ0v) is 12.3. The molecule has 0 bridgehead atoms. The monoisotopic (exact) mass is 300 g/mol. The molecule has 0 radical (unpaired) electrons. The number of benzene rings is 1. The molecule has 2 amide bonds. The van der Waals surface area contributed by atoms with Crippen molar-refractivity contribution in [3.63, 3.8) is 0 Å². The number of rotatable bonds is 3. The number of urea groups is 1. The van der Waals surface area contributed by atoms with Crippen molar-refractivity contribution in [2.45, 2.75) is 11.3 Å². The number of aliphatic hydroxyl groups is 1. The maximum Gasteiger partial charge on any atom is 0.321 e. The predicted molar refractivity (Wildman–Crippen MR) is 79.0 cm³/mol. The molecule has 19 heavy (non-hydrogen) atoms. The molecule has 0 saturated carbocycles. The van der Waals surface area contributed by atoms with E-state index in [-0.39, 0.29) is 18.6 Å². The summed E-state index contributed by atoms with van der Waals surface area (Å²) in [6.45, 7) is 1.43. The molecular formula is C13H17ClN2O2S. The van der Waals surface area contributed by atoms with Crippen molar-refractivity contribution in [2.75, 3.05) is 31.3 Å². The largest absolute Gasteiger partial charge is 0.396 e. The van der Waals surface area contributed by atoms with Crippen LogP contribution in [0.4, 0.5) is 10.5 Å². The minimum absolute atomic E-state index is 0.131. The van der Waals surface area contributed by atoms with E-state index in [1.807, 2.05) is 12.3 Å². The lowest BCUT2D eigenvalue weighted by atomic mass is 10.1. The summed E-state index contributed by atoms with van der Waals surface area (Å²) in [5, 5.41) is 12.6. The smallest absolute Gasteiger partial charge is 0.321 e. The van der Waals surface area contributed by atoms with Gasteiger partial charge in [-0.15, -0.1) is 11.8 Å². The van der Waals surface area contributed by atoms with E-state index in [4.69, 9.17) is 16.7 Å². The van der Waals surface area contributed by atoms with Crippen molar-refractivity contribution >= 4 is 35.1 Å². The van der Waals surface area contributed by atoms with Gasteiger partial charge in [-0.3, -0.25) is 0 Å². The van der Waals surface area contributed by atoms with Gasteiger partial charge in [0.05, 0.1) is 5.69 Å². The Morgan fingerprint density at radius 1 is 1.63 bits per heavy atom. The third kappa shape index (κ3) is 3.55. The van der Waals surface area contributed by atoms with Gasteiger partial charge in [0.25, 0.3) is 0 Å². The van der Waals surface area contributed by atoms with Crippen LogP contribution in [0.15, 0.2) is 23.1 Å². The highest BCUT2D eigenvalue weighted by molar-refractivity contribution is 7.98. The predicted octanol–water partition coefficient (Wildman–Crippen LogP) is 2.91. The van der Waals surface area contributed by atoms with Gasteiger partial charge < -0.3 is 15.3 Å². The second kappa shape index (κ2) is 6.50. The molecule has 4 nitrogen and oxygen atoms in total. The van der Waals surface area contributed by atoms with Crippen LogP contribution in [0.3, 0.4) is 0 Å². The minimum atomic E-state index is -0.131. The van der Waals surface area contributed by atoms with Gasteiger partial charge in [0, 0.05) is 35.5 Å². The fourth-order valence-corrected chi connectivity index (χ4v) is 2.84. The Bertz CT molecular complexity index is 470. The van der Waals surface area contributed by atoms with E-state index < -0.39 is 0 Å². The normalized spacial score (nSPS) is 18.7. The number of aliphatic hydroxyl groups excluding tert-OH is 1. The highest BCUT2D eigenvalue weighted by atomic mass is 35.5. The lowest BCUT2D eigenvalue weighted by molar-refractivity contribution is 0.208. The third-order valence-corrected chi connectivity index (χ3v) is 4.27. The summed E-state index contributed by atoms with van der Waals surface area (Å²) in [6, 6.07) is 5.32. The first-order valence-electron chi connectivity index (χ1n) is 6.14. The molecule has 0 aromatic heterocycles. The van der Waals surface area contributed by atoms with Crippen LogP contribution in [-0.4, -0.2) is 42.0 Å². The number of nitrogens with zero attached hydrogens (tertiary/aromatic N) is 1. The summed E-state index contributed by atoms with van der Waals surface area (Å²) in [6.07, 6.45) is 2.81. The highest BCUT2D eigenvalue weighted by Gasteiger charge is 2.25. The van der Waals surface area contributed by atoms with Gasteiger partial charge in [0.15, 0.2) is 0 Å². The summed E-state index contributed by atoms with van der Waals surface area (Å²) in [4.78, 5) is 14.8. The number of halogens is 1. The number of carbonyl (C=O) groups is 1. The van der Waals surface area contributed by atoms with Crippen molar-refractivity contribution in [2.24, 2.45) is 5.92 Å². The molecule has 2 rings (SSSR count). The molecule has 2 N–H and O–H groups in total. The van der Waals surface area contributed by atoms with E-state index in [2.05, 4.69) is 5.32 Å². The second-order valence-electron chi connectivity index (χ2n) is 4.56. The third-order valence-electron chi connectivity index (χ3n) is 3.23. The van der Waals surface area contributed by atoms with Crippen LogP contribution in [0, 0.1) is 5.92 Å². The Morgan fingerprint density at radius 3 is 3.05 bits per heavy atom. The number of anilines is 1. The SMILES string of the molecule is CSc1ccc(Cl)cc1NC(=O)N1CCC(CO)C1. The van der Waals surface area contributed by atoms with Crippen molar-refractivity contribution in [3.8, 4) is 0 Å². The molecule has 104 valence electrons. The minimum Gasteiger partial charge on any atom is -0.396 e. The van der Waals surface area contributed by atoms with Crippen LogP contribution in [0.5, 0.6) is 0 Å². The lowest BCUT2D eigenvalue weighted by Crippen LogP contribution is -2.33. The van der Waals surface area contributed by atoms with Crippen molar-refractivity contribution < 1.29 is 9.90 Å². The van der Waals surface area contributed by atoms with Gasteiger partial charge in [-0.1, -0.05) is 11.6 Å². The zero-order chi connectivity index (χ0) is 13.8. The van der Waals surface area contributed by atoms with E-state index in [1.54, 1.807) is 28.8 Å². The Morgan fingerprint density at radius 2 is 2.42 bits per heavy atom. The van der Waals surface area contributed by atoms with Gasteiger partial charge >= 0.3 is 6.03 Å². The van der Waals surface area contributed by atoms with Crippen molar-refractivity contribution in [3.05, 3.63) is 23.2 Å². The quantitative estimate of drug-likeness (QED) is 0.844. The van der Waals surface area contributed by atoms with E-state index in [0.29, 0.717) is 18.1 Å². The standard InChI is InChI=1S/C13H17ClN2O2S/c1-19-12-3-2-10(14)6-11(12)15-13(18)16-5-4-9(7-16)8-17/h2-3,6,9,17H,4-5,7-8H2,1H3,(H,15,18). The van der Waals surface area contributed by atoms with Crippen LogP contribution in [0.2, 0.25) is 5.02 Å². The molecular weight excluding hydrogens is 284 g/mol. The highest BCUT2D eigenvalue weighted by Crippen LogP contribution is 2.29. The summed E-state index contributed by atoms with van der Waals surface area (Å²) >= 11 is 7.52. The number of hydrogen-bond acceptors (Lipinski definition) is 3. The average molecular weight is 301 g/mol. The summed E-state index contributed by atoms with van der Waals surface area (Å²) in [7, 11) is 0. The number of hydrogen-bond donors (Lipinski definition) is 2. The summed E-state index contributed by atoms with van der Waals surface area (Å²) < 4.78 is 0. The van der Waals surface area contributed by atoms with Gasteiger partial charge in [-0.05, 0) is 30.9 Å². The van der Waals surface area contributed by atoms with Crippen LogP contribution in [0.1, 0.15) is 6.42 Å². The molecule has 1 heterocycles. The summed E-state index contributed by atoms with van der Waals surface area (Å²) in [5.74, 6) is 0.199. The molecule has 1 unspecified atom stereocenters. The maximum atomic E-state index is 12.1. The number of amides is 2. The van der Waals surface area contributed by atoms with Crippen LogP contribution < -0.4 is 5.32 Å². The fourth-order valence-electron chi connectivity index (χ4n) is 2.14. The topological polar surface area (TPSA) is 52.6 Å². The van der Waals surface area contributed by atoms with E-state index in [1.165, 1.54) is 0 Å². The number of nitrogens with one attached hydrogen (secondary N) is 1. The second-order valence-corrected chi connectivity index (χ2v) is 5.84. The summed E-state index contributed by atoms with van der Waals surface area (Å²) in [5.41, 5.74) is 0.734. The first-order valence-corrected chi connectivity index (χ1v) is 7.74. The van der Waals surface area contributed by atoms with Crippen molar-refractivity contribution in [1.82, 2.24) is 4.90 Å². The first kappa shape index (κ1) is 14.5. The van der Waals surface area contributed by atoms with E-state index in [9.17, 15) is 4.79 Å². The number of likely N-dealkylation sites (tertiary alicyclic amines) is 1. The molecule has 1 saturated heterocycles. The van der Waals surface area contributed by atoms with Gasteiger partial charge in [-0.2, -0.15) is 0 Å². The van der Waals surface area contributed by atoms with Crippen LogP contribution in [0.25, 0.3) is 0 Å². The molecule has 6 heteroatoms. The molecule has 1 fully saturated rings. The first-order chi connectivity index (χ1) is 9.13. The average Bonchev–Trinajstić information content (AvgIpc) is 2.88. The molecule has 1 aliphatic rings. The van der Waals surface area contributed by atoms with Gasteiger partial charge in [0.2, 0.25) is 0 Å². The maximum absolute atomic E-state index is 12.1. The molecule has 1 aromatic carbocycles. The Balaban J connectivity index is 2.05. The van der Waals surface area contributed by atoms with E-state index >= 15 is 0 Å². The Hall–Kier alpha value is -0.910. The molecule has 1 aromatic rings. The molecule has 1 atom stereocenters. The number of thioether (sulfide) groups is 1. The number of carbonyl (C=O) groups excluding carboxylic acids is 1. The molecule has 0 aliphatic carbocycles. The molecule has 1 aliphatic heterocycles. The van der Waals surface area contributed by atoms with Crippen LogP contribution in [-0.2, 0) is 0 Å². The van der Waals surface area contributed by atoms with Crippen molar-refractivity contribution in [1.29, 1.82) is 0 Å². The zero-order valence-electron chi connectivity index (χ0n) is 10.7. The van der Waals surface area contributed by atoms with Crippen LogP contribution >= 0.6 is 23.4 Å². The lowest BCUT2D eigenvalue weighted by Gasteiger charge is -2.18. The fraction of sp³-hybridized carbons (Fsp3) is 0.462.